The average Bonchev–Trinajstić information content (AvgIpc) is 2.75. The van der Waals surface area contributed by atoms with Crippen LogP contribution in [0.25, 0.3) is 0 Å². The minimum absolute atomic E-state index is 0.0849. The molecule has 1 heterocycles. The molecule has 0 unspecified atom stereocenters. The van der Waals surface area contributed by atoms with Gasteiger partial charge in [0.2, 0.25) is 0 Å². The molecule has 0 aromatic heterocycles. The van der Waals surface area contributed by atoms with Crippen molar-refractivity contribution in [3.8, 4) is 5.75 Å². The number of hydrogen-bond acceptors (Lipinski definition) is 3. The molecular weight excluding hydrogens is 422 g/mol. The van der Waals surface area contributed by atoms with Crippen LogP contribution in [0.1, 0.15) is 42.5 Å². The van der Waals surface area contributed by atoms with E-state index in [1.807, 2.05) is 43.3 Å². The Labute approximate surface area is 187 Å². The van der Waals surface area contributed by atoms with Gasteiger partial charge >= 0.3 is 0 Å². The molecule has 0 N–H and O–H groups in total. The largest absolute Gasteiger partial charge is 0.494 e. The van der Waals surface area contributed by atoms with Crippen LogP contribution in [0.2, 0.25) is 5.02 Å². The summed E-state index contributed by atoms with van der Waals surface area (Å²) in [6.45, 7) is 1.24. The van der Waals surface area contributed by atoms with Gasteiger partial charge in [0.15, 0.2) is 0 Å². The van der Waals surface area contributed by atoms with E-state index >= 15 is 4.39 Å². The molecule has 1 amide bonds. The number of amides is 1. The third-order valence-electron chi connectivity index (χ3n) is 5.74. The van der Waals surface area contributed by atoms with Gasteiger partial charge in [0.1, 0.15) is 17.2 Å². The zero-order valence-corrected chi connectivity index (χ0v) is 18.8. The maximum Gasteiger partial charge on any atom is 0.253 e. The first-order valence-corrected chi connectivity index (χ1v) is 11.0. The molecule has 2 aromatic rings. The van der Waals surface area contributed by atoms with Gasteiger partial charge < -0.3 is 14.5 Å². The molecule has 0 spiro atoms. The maximum absolute atomic E-state index is 15.2. The fourth-order valence-corrected chi connectivity index (χ4v) is 3.94. The topological polar surface area (TPSA) is 32.8 Å². The van der Waals surface area contributed by atoms with Crippen LogP contribution in [0.3, 0.4) is 0 Å². The third-order valence-corrected chi connectivity index (χ3v) is 6.02. The molecule has 0 saturated carbocycles. The summed E-state index contributed by atoms with van der Waals surface area (Å²) in [6, 6.07) is 11.8. The van der Waals surface area contributed by atoms with E-state index in [0.717, 1.165) is 24.3 Å². The van der Waals surface area contributed by atoms with Crippen LogP contribution in [-0.2, 0) is 0 Å². The summed E-state index contributed by atoms with van der Waals surface area (Å²) < 4.78 is 34.3. The molecule has 1 aliphatic heterocycles. The molecule has 1 aliphatic rings. The van der Waals surface area contributed by atoms with Crippen molar-refractivity contribution in [1.29, 1.82) is 0 Å². The van der Waals surface area contributed by atoms with Crippen molar-refractivity contribution in [2.75, 3.05) is 38.7 Å². The molecule has 4 nitrogen and oxygen atoms in total. The van der Waals surface area contributed by atoms with Crippen molar-refractivity contribution in [2.45, 2.75) is 37.8 Å². The van der Waals surface area contributed by atoms with E-state index in [1.165, 1.54) is 18.2 Å². The van der Waals surface area contributed by atoms with E-state index in [4.69, 9.17) is 16.3 Å². The van der Waals surface area contributed by atoms with Gasteiger partial charge in [0.05, 0.1) is 11.6 Å². The van der Waals surface area contributed by atoms with E-state index in [-0.39, 0.29) is 10.9 Å². The molecule has 0 bridgehead atoms. The van der Waals surface area contributed by atoms with Crippen LogP contribution in [0.15, 0.2) is 42.5 Å². The van der Waals surface area contributed by atoms with Crippen molar-refractivity contribution in [3.05, 3.63) is 58.9 Å². The molecule has 7 heteroatoms. The highest BCUT2D eigenvalue weighted by Crippen LogP contribution is 2.32. The lowest BCUT2D eigenvalue weighted by Gasteiger charge is -2.36. The number of hydrogen-bond donors (Lipinski definition) is 0. The highest BCUT2D eigenvalue weighted by molar-refractivity contribution is 6.31. The van der Waals surface area contributed by atoms with Gasteiger partial charge in [-0.15, -0.1) is 0 Å². The summed E-state index contributed by atoms with van der Waals surface area (Å²) in [5, 5.41) is -0.0849. The Morgan fingerprint density at radius 2 is 1.90 bits per heavy atom. The van der Waals surface area contributed by atoms with E-state index in [2.05, 4.69) is 0 Å². The zero-order chi connectivity index (χ0) is 22.4. The predicted octanol–water partition coefficient (Wildman–Crippen LogP) is 5.74. The second-order valence-corrected chi connectivity index (χ2v) is 8.68. The fraction of sp³-hybridized carbons (Fsp3) is 0.458. The van der Waals surface area contributed by atoms with Crippen LogP contribution in [0.4, 0.5) is 14.5 Å². The van der Waals surface area contributed by atoms with Gasteiger partial charge in [0, 0.05) is 44.5 Å². The van der Waals surface area contributed by atoms with Crippen molar-refractivity contribution >= 4 is 23.2 Å². The normalized spacial score (nSPS) is 15.6. The van der Waals surface area contributed by atoms with E-state index in [9.17, 15) is 9.18 Å². The molecule has 168 valence electrons. The van der Waals surface area contributed by atoms with E-state index in [1.54, 1.807) is 4.90 Å². The minimum Gasteiger partial charge on any atom is -0.494 e. The highest BCUT2D eigenvalue weighted by atomic mass is 35.5. The Morgan fingerprint density at radius 3 is 2.58 bits per heavy atom. The third kappa shape index (κ3) is 6.33. The maximum atomic E-state index is 15.2. The van der Waals surface area contributed by atoms with Gasteiger partial charge in [-0.2, -0.15) is 0 Å². The molecule has 1 saturated heterocycles. The number of nitrogens with zero attached hydrogens (tertiary/aromatic N) is 2. The van der Waals surface area contributed by atoms with Gasteiger partial charge in [-0.3, -0.25) is 4.79 Å². The molecule has 0 radical (unpaired) electrons. The molecule has 0 aliphatic carbocycles. The second kappa shape index (κ2) is 10.3. The van der Waals surface area contributed by atoms with Crippen LogP contribution < -0.4 is 9.64 Å². The fourth-order valence-electron chi connectivity index (χ4n) is 3.76. The summed E-state index contributed by atoms with van der Waals surface area (Å²) >= 11 is 5.77. The Balaban J connectivity index is 1.40. The lowest BCUT2D eigenvalue weighted by molar-refractivity contribution is 0.0382. The number of likely N-dealkylation sites (tertiary alicyclic amines) is 1. The van der Waals surface area contributed by atoms with E-state index < -0.39 is 11.5 Å². The zero-order valence-electron chi connectivity index (χ0n) is 18.0. The van der Waals surface area contributed by atoms with E-state index in [0.29, 0.717) is 44.5 Å². The van der Waals surface area contributed by atoms with Crippen LogP contribution in [0, 0.1) is 5.82 Å². The standard InChI is InChI=1S/C24H29ClF2N2O2/c1-28(2)19-6-5-7-20(17-19)31-15-4-3-10-24(27)11-13-29(14-12-24)23(30)18-8-9-22(26)21(25)16-18/h5-9,16-17H,3-4,10-15H2,1-2H3. The minimum atomic E-state index is -1.26. The number of halogens is 3. The summed E-state index contributed by atoms with van der Waals surface area (Å²) in [5.74, 6) is 0.0141. The first-order valence-electron chi connectivity index (χ1n) is 10.6. The average molecular weight is 451 g/mol. The number of ether oxygens (including phenoxy) is 1. The SMILES string of the molecule is CN(C)c1cccc(OCCCCC2(F)CCN(C(=O)c3ccc(F)c(Cl)c3)CC2)c1. The van der Waals surface area contributed by atoms with Crippen molar-refractivity contribution in [1.82, 2.24) is 4.90 Å². The number of unbranched alkanes of at least 4 members (excludes halogenated alkanes) is 1. The second-order valence-electron chi connectivity index (χ2n) is 8.27. The smallest absolute Gasteiger partial charge is 0.253 e. The van der Waals surface area contributed by atoms with Crippen molar-refractivity contribution in [3.63, 3.8) is 0 Å². The summed E-state index contributed by atoms with van der Waals surface area (Å²) in [7, 11) is 3.96. The molecule has 3 rings (SSSR count). The Hall–Kier alpha value is -2.34. The van der Waals surface area contributed by atoms with Crippen molar-refractivity contribution < 1.29 is 18.3 Å². The van der Waals surface area contributed by atoms with Crippen LogP contribution in [0.5, 0.6) is 5.75 Å². The number of piperidine rings is 1. The van der Waals surface area contributed by atoms with Gasteiger partial charge in [0.25, 0.3) is 5.91 Å². The van der Waals surface area contributed by atoms with Crippen molar-refractivity contribution in [2.24, 2.45) is 0 Å². The Bertz CT molecular complexity index is 899. The van der Waals surface area contributed by atoms with Gasteiger partial charge in [-0.05, 0) is 62.4 Å². The highest BCUT2D eigenvalue weighted by Gasteiger charge is 2.35. The number of rotatable bonds is 8. The molecular formula is C24H29ClF2N2O2. The quantitative estimate of drug-likeness (QED) is 0.481. The van der Waals surface area contributed by atoms with Gasteiger partial charge in [-0.25, -0.2) is 8.78 Å². The Kier molecular flexibility index (Phi) is 7.76. The molecule has 0 atom stereocenters. The summed E-state index contributed by atoms with van der Waals surface area (Å²) in [4.78, 5) is 16.2. The van der Waals surface area contributed by atoms with Crippen LogP contribution >= 0.6 is 11.6 Å². The number of carbonyl (C=O) groups excluding carboxylic acids is 1. The number of alkyl halides is 1. The van der Waals surface area contributed by atoms with Crippen LogP contribution in [-0.4, -0.2) is 50.3 Å². The monoisotopic (exact) mass is 450 g/mol. The Morgan fingerprint density at radius 1 is 1.16 bits per heavy atom. The number of anilines is 1. The number of carbonyl (C=O) groups is 1. The lowest BCUT2D eigenvalue weighted by atomic mass is 9.88. The molecule has 31 heavy (non-hydrogen) atoms. The predicted molar refractivity (Wildman–Crippen MR) is 121 cm³/mol. The lowest BCUT2D eigenvalue weighted by Crippen LogP contribution is -2.44. The summed E-state index contributed by atoms with van der Waals surface area (Å²) in [5.41, 5.74) is 0.139. The summed E-state index contributed by atoms with van der Waals surface area (Å²) in [6.07, 6.45) is 2.57. The number of benzene rings is 2. The molecule has 1 fully saturated rings. The van der Waals surface area contributed by atoms with Gasteiger partial charge in [-0.1, -0.05) is 17.7 Å². The first-order chi connectivity index (χ1) is 14.8. The first kappa shape index (κ1) is 23.3. The molecule has 2 aromatic carbocycles.